The van der Waals surface area contributed by atoms with Gasteiger partial charge in [0.25, 0.3) is 5.91 Å². The summed E-state index contributed by atoms with van der Waals surface area (Å²) in [6, 6.07) is 13.5. The molecule has 2 aliphatic rings. The van der Waals surface area contributed by atoms with E-state index in [0.717, 1.165) is 0 Å². The number of ketones is 1. The van der Waals surface area contributed by atoms with E-state index < -0.39 is 47.2 Å². The molecule has 2 heterocycles. The number of halogens is 3. The van der Waals surface area contributed by atoms with Gasteiger partial charge in [-0.15, -0.1) is 0 Å². The number of alkyl halides is 2. The number of carbonyl (C=O) groups is 2. The van der Waals surface area contributed by atoms with E-state index in [0.29, 0.717) is 34.9 Å². The number of amides is 1. The largest absolute Gasteiger partial charge is 0.451 e. The number of nitrogens with zero attached hydrogens (tertiary/aromatic N) is 4. The van der Waals surface area contributed by atoms with E-state index in [4.69, 9.17) is 4.42 Å². The van der Waals surface area contributed by atoms with Crippen LogP contribution < -0.4 is 5.32 Å². The number of hydrogen-bond acceptors (Lipinski definition) is 6. The molecular formula is C29H24F3N5O3. The van der Waals surface area contributed by atoms with E-state index in [9.17, 15) is 28.0 Å². The van der Waals surface area contributed by atoms with Gasteiger partial charge >= 0.3 is 0 Å². The normalized spacial score (nSPS) is 18.6. The van der Waals surface area contributed by atoms with Gasteiger partial charge in [0.05, 0.1) is 17.0 Å². The van der Waals surface area contributed by atoms with Crippen LogP contribution in [0.15, 0.2) is 59.5 Å². The molecule has 0 atom stereocenters. The molecule has 0 spiro atoms. The van der Waals surface area contributed by atoms with E-state index in [-0.39, 0.29) is 30.7 Å². The molecule has 1 amide bonds. The molecule has 2 fully saturated rings. The summed E-state index contributed by atoms with van der Waals surface area (Å²) in [5, 5.41) is 16.7. The Kier molecular flexibility index (Phi) is 6.02. The number of furan rings is 1. The van der Waals surface area contributed by atoms with Crippen molar-refractivity contribution in [3.8, 4) is 22.9 Å². The van der Waals surface area contributed by atoms with E-state index in [1.807, 2.05) is 0 Å². The van der Waals surface area contributed by atoms with E-state index >= 15 is 0 Å². The zero-order chi connectivity index (χ0) is 28.1. The highest BCUT2D eigenvalue weighted by Crippen LogP contribution is 2.50. The summed E-state index contributed by atoms with van der Waals surface area (Å²) < 4.78 is 49.9. The molecule has 2 saturated carbocycles. The average molecular weight is 548 g/mol. The molecular weight excluding hydrogens is 523 g/mol. The van der Waals surface area contributed by atoms with Gasteiger partial charge in [0.2, 0.25) is 5.92 Å². The summed E-state index contributed by atoms with van der Waals surface area (Å²) in [5.41, 5.74) is -0.433. The van der Waals surface area contributed by atoms with Crippen molar-refractivity contribution in [1.29, 1.82) is 5.26 Å². The molecule has 0 bridgehead atoms. The van der Waals surface area contributed by atoms with Crippen LogP contribution in [-0.4, -0.2) is 37.9 Å². The Balaban J connectivity index is 1.25. The lowest BCUT2D eigenvalue weighted by Crippen LogP contribution is -2.58. The predicted octanol–water partition coefficient (Wildman–Crippen LogP) is 5.76. The number of hydrogen-bond donors (Lipinski definition) is 1. The second kappa shape index (κ2) is 9.33. The number of nitrogens with one attached hydrogen (secondary N) is 1. The predicted molar refractivity (Wildman–Crippen MR) is 137 cm³/mol. The molecule has 0 unspecified atom stereocenters. The minimum absolute atomic E-state index is 0.0780. The zero-order valence-corrected chi connectivity index (χ0v) is 21.3. The van der Waals surface area contributed by atoms with Gasteiger partial charge in [-0.2, -0.15) is 10.4 Å². The van der Waals surface area contributed by atoms with Crippen LogP contribution in [0.4, 0.5) is 13.2 Å². The Morgan fingerprint density at radius 2 is 1.75 bits per heavy atom. The van der Waals surface area contributed by atoms with Crippen molar-refractivity contribution in [2.75, 3.05) is 0 Å². The van der Waals surface area contributed by atoms with Crippen LogP contribution in [0.1, 0.15) is 55.5 Å². The van der Waals surface area contributed by atoms with Gasteiger partial charge in [-0.3, -0.25) is 9.59 Å². The molecule has 2 aromatic heterocycles. The van der Waals surface area contributed by atoms with Gasteiger partial charge in [-0.1, -0.05) is 18.2 Å². The fourth-order valence-electron chi connectivity index (χ4n) is 5.28. The highest BCUT2D eigenvalue weighted by Gasteiger charge is 2.53. The van der Waals surface area contributed by atoms with Gasteiger partial charge in [0.15, 0.2) is 11.5 Å². The third-order valence-electron chi connectivity index (χ3n) is 8.00. The van der Waals surface area contributed by atoms with Gasteiger partial charge in [0, 0.05) is 24.6 Å². The lowest BCUT2D eigenvalue weighted by Gasteiger charge is -2.39. The van der Waals surface area contributed by atoms with Crippen molar-refractivity contribution < 1.29 is 27.2 Å². The van der Waals surface area contributed by atoms with Crippen LogP contribution in [0, 0.1) is 22.6 Å². The first kappa shape index (κ1) is 25.8. The Morgan fingerprint density at radius 3 is 2.40 bits per heavy atom. The molecule has 2 aliphatic carbocycles. The van der Waals surface area contributed by atoms with Crippen LogP contribution in [-0.2, 0) is 4.79 Å². The van der Waals surface area contributed by atoms with Crippen molar-refractivity contribution in [3.05, 3.63) is 66.7 Å². The SMILES string of the molecule is N#CC1(CC(=O)C2(NC(=O)c3cc4ccc(-c5ccc(-n6cncn6)c(F)c5)cc4o3)CCC(F)(F)CC2)CC1. The molecule has 204 valence electrons. The van der Waals surface area contributed by atoms with Gasteiger partial charge in [0.1, 0.15) is 29.7 Å². The van der Waals surface area contributed by atoms with Crippen molar-refractivity contribution in [3.63, 3.8) is 0 Å². The lowest BCUT2D eigenvalue weighted by atomic mass is 9.74. The Bertz CT molecular complexity index is 1660. The Hall–Kier alpha value is -4.46. The van der Waals surface area contributed by atoms with E-state index in [1.165, 1.54) is 29.5 Å². The monoisotopic (exact) mass is 547 g/mol. The lowest BCUT2D eigenvalue weighted by molar-refractivity contribution is -0.131. The first-order chi connectivity index (χ1) is 19.1. The number of carbonyl (C=O) groups excluding carboxylic acids is 2. The zero-order valence-electron chi connectivity index (χ0n) is 21.3. The Labute approximate surface area is 226 Å². The molecule has 0 saturated heterocycles. The molecule has 8 nitrogen and oxygen atoms in total. The van der Waals surface area contributed by atoms with Crippen molar-refractivity contribution in [1.82, 2.24) is 20.1 Å². The third-order valence-corrected chi connectivity index (χ3v) is 8.00. The first-order valence-electron chi connectivity index (χ1n) is 12.9. The summed E-state index contributed by atoms with van der Waals surface area (Å²) in [6.45, 7) is 0. The van der Waals surface area contributed by atoms with Gasteiger partial charge < -0.3 is 9.73 Å². The summed E-state index contributed by atoms with van der Waals surface area (Å²) in [4.78, 5) is 30.4. The summed E-state index contributed by atoms with van der Waals surface area (Å²) >= 11 is 0. The summed E-state index contributed by atoms with van der Waals surface area (Å²) in [7, 11) is 0. The fourth-order valence-corrected chi connectivity index (χ4v) is 5.28. The maximum absolute atomic E-state index is 14.8. The second-order valence-electron chi connectivity index (χ2n) is 10.8. The fraction of sp³-hybridized carbons (Fsp3) is 0.345. The van der Waals surface area contributed by atoms with Crippen LogP contribution >= 0.6 is 0 Å². The number of benzene rings is 2. The quantitative estimate of drug-likeness (QED) is 0.315. The van der Waals surface area contributed by atoms with Gasteiger partial charge in [-0.05, 0) is 61.1 Å². The maximum atomic E-state index is 14.8. The van der Waals surface area contributed by atoms with Crippen LogP contribution in [0.25, 0.3) is 27.8 Å². The van der Waals surface area contributed by atoms with Crippen LogP contribution in [0.2, 0.25) is 0 Å². The Morgan fingerprint density at radius 1 is 1.02 bits per heavy atom. The average Bonchev–Trinajstić information content (AvgIpc) is 3.31. The molecule has 11 heteroatoms. The smallest absolute Gasteiger partial charge is 0.287 e. The number of rotatable bonds is 7. The molecule has 2 aromatic carbocycles. The molecule has 40 heavy (non-hydrogen) atoms. The number of nitriles is 1. The number of fused-ring (bicyclic) bond motifs is 1. The number of Topliss-reactive ketones (excluding diaryl/α,β-unsaturated/α-hetero) is 1. The van der Waals surface area contributed by atoms with Crippen molar-refractivity contribution >= 4 is 22.7 Å². The molecule has 1 N–H and O–H groups in total. The highest BCUT2D eigenvalue weighted by molar-refractivity contribution is 6.01. The van der Waals surface area contributed by atoms with Crippen molar-refractivity contribution in [2.24, 2.45) is 5.41 Å². The minimum atomic E-state index is -2.91. The summed E-state index contributed by atoms with van der Waals surface area (Å²) in [5.74, 6) is -4.58. The minimum Gasteiger partial charge on any atom is -0.451 e. The van der Waals surface area contributed by atoms with E-state index in [1.54, 1.807) is 30.3 Å². The first-order valence-corrected chi connectivity index (χ1v) is 12.9. The summed E-state index contributed by atoms with van der Waals surface area (Å²) in [6.07, 6.45) is 2.28. The molecule has 0 radical (unpaired) electrons. The standard InChI is InChI=1S/C29H24F3N5O3/c30-21-11-18(3-4-22(21)37-17-34-16-35-37)19-1-2-20-13-24(40-23(20)12-19)26(39)36-28(7-9-29(31,32)10-8-28)25(38)14-27(15-33)5-6-27/h1-4,11-13,16-17H,5-10,14H2,(H,36,39). The van der Waals surface area contributed by atoms with E-state index in [2.05, 4.69) is 21.5 Å². The topological polar surface area (TPSA) is 114 Å². The highest BCUT2D eigenvalue weighted by atomic mass is 19.3. The maximum Gasteiger partial charge on any atom is 0.287 e. The van der Waals surface area contributed by atoms with Crippen molar-refractivity contribution in [2.45, 2.75) is 56.4 Å². The van der Waals surface area contributed by atoms with Crippen LogP contribution in [0.5, 0.6) is 0 Å². The van der Waals surface area contributed by atoms with Crippen LogP contribution in [0.3, 0.4) is 0 Å². The third kappa shape index (κ3) is 4.74. The molecule has 4 aromatic rings. The molecule has 0 aliphatic heterocycles. The second-order valence-corrected chi connectivity index (χ2v) is 10.8. The van der Waals surface area contributed by atoms with Gasteiger partial charge in [-0.25, -0.2) is 22.8 Å². The number of aromatic nitrogens is 3. The molecule has 6 rings (SSSR count).